The molecule has 0 saturated carbocycles. The summed E-state index contributed by atoms with van der Waals surface area (Å²) in [6.45, 7) is 0. The Morgan fingerprint density at radius 2 is 1.80 bits per heavy atom. The Morgan fingerprint density at radius 1 is 1.10 bits per heavy atom. The maximum absolute atomic E-state index is 12.2. The maximum atomic E-state index is 12.2. The Balaban J connectivity index is 2.20. The maximum Gasteiger partial charge on any atom is 0.263 e. The van der Waals surface area contributed by atoms with E-state index in [4.69, 9.17) is 4.74 Å². The zero-order valence-electron chi connectivity index (χ0n) is 11.1. The van der Waals surface area contributed by atoms with E-state index in [2.05, 4.69) is 15.0 Å². The number of nitrogens with one attached hydrogen (secondary N) is 2. The van der Waals surface area contributed by atoms with E-state index < -0.39 is 10.0 Å². The predicted octanol–water partition coefficient (Wildman–Crippen LogP) is 1.93. The van der Waals surface area contributed by atoms with Gasteiger partial charge in [-0.1, -0.05) is 0 Å². The average molecular weight is 293 g/mol. The second-order valence-electron chi connectivity index (χ2n) is 3.96. The van der Waals surface area contributed by atoms with Crippen LogP contribution >= 0.6 is 0 Å². The summed E-state index contributed by atoms with van der Waals surface area (Å²) in [6.07, 6.45) is 1.30. The van der Waals surface area contributed by atoms with Gasteiger partial charge in [-0.05, 0) is 36.4 Å². The third-order valence-corrected chi connectivity index (χ3v) is 4.01. The first-order valence-corrected chi connectivity index (χ1v) is 7.34. The molecule has 0 fully saturated rings. The van der Waals surface area contributed by atoms with Crippen LogP contribution < -0.4 is 14.8 Å². The van der Waals surface area contributed by atoms with Gasteiger partial charge in [-0.25, -0.2) is 13.4 Å². The average Bonchev–Trinajstić information content (AvgIpc) is 2.48. The lowest BCUT2D eigenvalue weighted by atomic mass is 10.3. The van der Waals surface area contributed by atoms with Gasteiger partial charge in [-0.3, -0.25) is 4.72 Å². The number of nitrogens with zero attached hydrogens (tertiary/aromatic N) is 1. The van der Waals surface area contributed by atoms with Crippen LogP contribution in [0.25, 0.3) is 0 Å². The molecule has 0 aliphatic carbocycles. The number of aromatic nitrogens is 1. The molecule has 2 aromatic rings. The SMILES string of the molecule is CNc1ccc(S(=O)(=O)Nc2ccc(OC)cc2)cn1. The van der Waals surface area contributed by atoms with Crippen molar-refractivity contribution in [3.63, 3.8) is 0 Å². The summed E-state index contributed by atoms with van der Waals surface area (Å²) in [5, 5.41) is 2.83. The van der Waals surface area contributed by atoms with Crippen LogP contribution in [0.15, 0.2) is 47.5 Å². The van der Waals surface area contributed by atoms with E-state index in [9.17, 15) is 8.42 Å². The van der Waals surface area contributed by atoms with Crippen molar-refractivity contribution in [2.24, 2.45) is 0 Å². The highest BCUT2D eigenvalue weighted by Crippen LogP contribution is 2.19. The number of hydrogen-bond acceptors (Lipinski definition) is 5. The number of ether oxygens (including phenoxy) is 1. The van der Waals surface area contributed by atoms with Gasteiger partial charge >= 0.3 is 0 Å². The molecule has 0 saturated heterocycles. The summed E-state index contributed by atoms with van der Waals surface area (Å²) in [5.41, 5.74) is 0.462. The molecule has 0 radical (unpaired) electrons. The molecular formula is C13H15N3O3S. The molecule has 20 heavy (non-hydrogen) atoms. The highest BCUT2D eigenvalue weighted by Gasteiger charge is 2.14. The minimum Gasteiger partial charge on any atom is -0.497 e. The Hall–Kier alpha value is -2.28. The van der Waals surface area contributed by atoms with Gasteiger partial charge in [0, 0.05) is 18.9 Å². The smallest absolute Gasteiger partial charge is 0.263 e. The molecule has 1 aromatic carbocycles. The molecule has 0 bridgehead atoms. The van der Waals surface area contributed by atoms with E-state index in [1.165, 1.54) is 12.3 Å². The summed E-state index contributed by atoms with van der Waals surface area (Å²) in [4.78, 5) is 4.09. The molecule has 0 aliphatic rings. The van der Waals surface area contributed by atoms with Crippen molar-refractivity contribution in [1.29, 1.82) is 0 Å². The topological polar surface area (TPSA) is 80.3 Å². The summed E-state index contributed by atoms with van der Waals surface area (Å²) in [6, 6.07) is 9.71. The molecule has 0 spiro atoms. The number of methoxy groups -OCH3 is 1. The first kappa shape index (κ1) is 14.1. The Labute approximate surface area is 117 Å². The minimum atomic E-state index is -3.64. The first-order chi connectivity index (χ1) is 9.55. The number of pyridine rings is 1. The van der Waals surface area contributed by atoms with Gasteiger partial charge in [-0.2, -0.15) is 0 Å². The summed E-state index contributed by atoms with van der Waals surface area (Å²) >= 11 is 0. The van der Waals surface area contributed by atoms with Crippen LogP contribution in [0.2, 0.25) is 0 Å². The molecule has 2 N–H and O–H groups in total. The van der Waals surface area contributed by atoms with Crippen LogP contribution in [0.4, 0.5) is 11.5 Å². The van der Waals surface area contributed by atoms with Crippen LogP contribution in [0, 0.1) is 0 Å². The number of benzene rings is 1. The van der Waals surface area contributed by atoms with Gasteiger partial charge in [0.25, 0.3) is 10.0 Å². The quantitative estimate of drug-likeness (QED) is 0.880. The first-order valence-electron chi connectivity index (χ1n) is 5.86. The number of anilines is 2. The van der Waals surface area contributed by atoms with Crippen molar-refractivity contribution in [2.45, 2.75) is 4.90 Å². The largest absolute Gasteiger partial charge is 0.497 e. The van der Waals surface area contributed by atoms with E-state index in [0.29, 0.717) is 17.3 Å². The molecule has 7 heteroatoms. The second-order valence-corrected chi connectivity index (χ2v) is 5.65. The van der Waals surface area contributed by atoms with Gasteiger partial charge in [0.2, 0.25) is 0 Å². The van der Waals surface area contributed by atoms with Crippen LogP contribution in [0.5, 0.6) is 5.75 Å². The molecule has 0 atom stereocenters. The van der Waals surface area contributed by atoms with Crippen molar-refractivity contribution >= 4 is 21.5 Å². The molecule has 6 nitrogen and oxygen atoms in total. The molecule has 1 heterocycles. The normalized spacial score (nSPS) is 10.9. The fraction of sp³-hybridized carbons (Fsp3) is 0.154. The van der Waals surface area contributed by atoms with Crippen molar-refractivity contribution < 1.29 is 13.2 Å². The van der Waals surface area contributed by atoms with Crippen LogP contribution in [-0.2, 0) is 10.0 Å². The lowest BCUT2D eigenvalue weighted by Crippen LogP contribution is -2.13. The third kappa shape index (κ3) is 3.18. The van der Waals surface area contributed by atoms with Gasteiger partial charge in [-0.15, -0.1) is 0 Å². The molecular weight excluding hydrogens is 278 g/mol. The Bertz CT molecular complexity index is 667. The molecule has 0 amide bonds. The van der Waals surface area contributed by atoms with E-state index in [1.54, 1.807) is 44.5 Å². The van der Waals surface area contributed by atoms with Crippen LogP contribution in [-0.4, -0.2) is 27.6 Å². The summed E-state index contributed by atoms with van der Waals surface area (Å²) in [7, 11) is -0.375. The van der Waals surface area contributed by atoms with Gasteiger partial charge in [0.05, 0.1) is 7.11 Å². The van der Waals surface area contributed by atoms with Crippen molar-refractivity contribution in [1.82, 2.24) is 4.98 Å². The lowest BCUT2D eigenvalue weighted by Gasteiger charge is -2.09. The fourth-order valence-electron chi connectivity index (χ4n) is 1.56. The minimum absolute atomic E-state index is 0.104. The van der Waals surface area contributed by atoms with E-state index in [1.807, 2.05) is 0 Å². The Kier molecular flexibility index (Phi) is 4.09. The van der Waals surface area contributed by atoms with Crippen LogP contribution in [0.1, 0.15) is 0 Å². The van der Waals surface area contributed by atoms with Gasteiger partial charge in [0.15, 0.2) is 0 Å². The third-order valence-electron chi connectivity index (χ3n) is 2.65. The van der Waals surface area contributed by atoms with E-state index in [-0.39, 0.29) is 4.90 Å². The molecule has 1 aromatic heterocycles. The standard InChI is InChI=1S/C13H15N3O3S/c1-14-13-8-7-12(9-15-13)20(17,18)16-10-3-5-11(19-2)6-4-10/h3-9,16H,1-2H3,(H,14,15). The van der Waals surface area contributed by atoms with E-state index in [0.717, 1.165) is 0 Å². The predicted molar refractivity (Wildman–Crippen MR) is 77.6 cm³/mol. The van der Waals surface area contributed by atoms with Crippen molar-refractivity contribution in [2.75, 3.05) is 24.2 Å². The monoisotopic (exact) mass is 293 g/mol. The van der Waals surface area contributed by atoms with Gasteiger partial charge in [0.1, 0.15) is 16.5 Å². The fourth-order valence-corrected chi connectivity index (χ4v) is 2.56. The summed E-state index contributed by atoms with van der Waals surface area (Å²) < 4.78 is 31.8. The second kappa shape index (κ2) is 5.79. The Morgan fingerprint density at radius 3 is 2.30 bits per heavy atom. The lowest BCUT2D eigenvalue weighted by molar-refractivity contribution is 0.415. The van der Waals surface area contributed by atoms with Crippen molar-refractivity contribution in [3.05, 3.63) is 42.6 Å². The van der Waals surface area contributed by atoms with E-state index >= 15 is 0 Å². The van der Waals surface area contributed by atoms with Crippen molar-refractivity contribution in [3.8, 4) is 5.75 Å². The molecule has 0 aliphatic heterocycles. The molecule has 106 valence electrons. The number of hydrogen-bond donors (Lipinski definition) is 2. The zero-order valence-corrected chi connectivity index (χ0v) is 11.9. The molecule has 2 rings (SSSR count). The van der Waals surface area contributed by atoms with Crippen LogP contribution in [0.3, 0.4) is 0 Å². The highest BCUT2D eigenvalue weighted by molar-refractivity contribution is 7.92. The highest BCUT2D eigenvalue weighted by atomic mass is 32.2. The van der Waals surface area contributed by atoms with Gasteiger partial charge < -0.3 is 10.1 Å². The zero-order chi connectivity index (χ0) is 14.6. The summed E-state index contributed by atoms with van der Waals surface area (Å²) in [5.74, 6) is 1.27. The number of rotatable bonds is 5. The number of sulfonamides is 1. The molecule has 0 unspecified atom stereocenters.